The molecule has 0 unspecified atom stereocenters. The van der Waals surface area contributed by atoms with Crippen LogP contribution in [0.15, 0.2) is 11.1 Å². The van der Waals surface area contributed by atoms with E-state index < -0.39 is 5.91 Å². The molecule has 0 bridgehead atoms. The number of pyridine rings is 1. The highest BCUT2D eigenvalue weighted by atomic mass is 32.1. The summed E-state index contributed by atoms with van der Waals surface area (Å²) in [5.41, 5.74) is 9.52. The predicted molar refractivity (Wildman–Crippen MR) is 99.1 cm³/mol. The maximum absolute atomic E-state index is 12.7. The Hall–Kier alpha value is -2.28. The zero-order valence-corrected chi connectivity index (χ0v) is 15.2. The maximum Gasteiger partial charge on any atom is 0.271 e. The molecule has 3 heterocycles. The third-order valence-electron chi connectivity index (χ3n) is 4.82. The van der Waals surface area contributed by atoms with Crippen LogP contribution in [0.4, 0.5) is 0 Å². The predicted octanol–water partition coefficient (Wildman–Crippen LogP) is 2.49. The number of nitrogens with zero attached hydrogens (tertiary/aromatic N) is 3. The molecule has 0 fully saturated rings. The first-order valence-corrected chi connectivity index (χ1v) is 9.40. The molecule has 25 heavy (non-hydrogen) atoms. The first-order chi connectivity index (χ1) is 12.0. The van der Waals surface area contributed by atoms with Crippen LogP contribution in [-0.4, -0.2) is 20.4 Å². The molecular formula is C18H20N4O2S. The van der Waals surface area contributed by atoms with Gasteiger partial charge in [-0.2, -0.15) is 0 Å². The van der Waals surface area contributed by atoms with Crippen LogP contribution < -0.4 is 11.3 Å². The number of fused-ring (bicyclic) bond motifs is 5. The molecule has 0 radical (unpaired) electrons. The lowest BCUT2D eigenvalue weighted by atomic mass is 9.86. The molecule has 3 aromatic heterocycles. The van der Waals surface area contributed by atoms with Gasteiger partial charge in [0.05, 0.1) is 11.8 Å². The quantitative estimate of drug-likeness (QED) is 0.780. The highest BCUT2D eigenvalue weighted by Gasteiger charge is 2.24. The van der Waals surface area contributed by atoms with E-state index in [1.807, 2.05) is 0 Å². The van der Waals surface area contributed by atoms with Gasteiger partial charge in [-0.05, 0) is 42.7 Å². The zero-order chi connectivity index (χ0) is 17.7. The van der Waals surface area contributed by atoms with E-state index in [4.69, 9.17) is 10.7 Å². The van der Waals surface area contributed by atoms with E-state index in [2.05, 4.69) is 18.8 Å². The number of rotatable bonds is 3. The molecule has 6 nitrogen and oxygen atoms in total. The number of thiophene rings is 1. The van der Waals surface area contributed by atoms with Gasteiger partial charge in [0.15, 0.2) is 0 Å². The van der Waals surface area contributed by atoms with Crippen LogP contribution in [0.1, 0.15) is 49.4 Å². The lowest BCUT2D eigenvalue weighted by Crippen LogP contribution is -2.27. The van der Waals surface area contributed by atoms with E-state index in [0.29, 0.717) is 16.1 Å². The van der Waals surface area contributed by atoms with Crippen molar-refractivity contribution in [3.8, 4) is 0 Å². The number of hydrogen-bond donors (Lipinski definition) is 1. The maximum atomic E-state index is 12.7. The number of aryl methyl sites for hydroxylation is 1. The van der Waals surface area contributed by atoms with E-state index in [0.717, 1.165) is 35.2 Å². The molecule has 7 heteroatoms. The van der Waals surface area contributed by atoms with Crippen molar-refractivity contribution in [1.29, 1.82) is 0 Å². The largest absolute Gasteiger partial charge is 0.368 e. The molecule has 3 aromatic rings. The van der Waals surface area contributed by atoms with Crippen LogP contribution in [0.2, 0.25) is 0 Å². The molecule has 2 N–H and O–H groups in total. The van der Waals surface area contributed by atoms with Gasteiger partial charge in [-0.25, -0.2) is 9.97 Å². The number of carbonyl (C=O) groups excluding carboxylic acids is 1. The van der Waals surface area contributed by atoms with Crippen molar-refractivity contribution in [2.45, 2.75) is 52.0 Å². The van der Waals surface area contributed by atoms with Gasteiger partial charge in [0, 0.05) is 11.1 Å². The standard InChI is InChI=1S/C18H20N4O2S/c1-9(2)14-11-6-4-3-5-10(11)13-15-16(25-17(13)21-14)18(24)22(8-20-15)7-12(19)23/h8-9H,3-7H2,1-2H3,(H2,19,23). The second kappa shape index (κ2) is 5.91. The third-order valence-corrected chi connectivity index (χ3v) is 5.88. The van der Waals surface area contributed by atoms with Crippen molar-refractivity contribution in [3.63, 3.8) is 0 Å². The van der Waals surface area contributed by atoms with Gasteiger partial charge in [-0.3, -0.25) is 14.2 Å². The second-order valence-electron chi connectivity index (χ2n) is 6.92. The van der Waals surface area contributed by atoms with Crippen LogP contribution in [0.3, 0.4) is 0 Å². The fourth-order valence-corrected chi connectivity index (χ4v) is 4.85. The molecule has 0 spiro atoms. The molecule has 0 saturated carbocycles. The van der Waals surface area contributed by atoms with E-state index in [1.165, 1.54) is 39.8 Å². The van der Waals surface area contributed by atoms with Crippen LogP contribution in [0, 0.1) is 0 Å². The zero-order valence-electron chi connectivity index (χ0n) is 14.3. The van der Waals surface area contributed by atoms with Crippen LogP contribution in [0.5, 0.6) is 0 Å². The topological polar surface area (TPSA) is 90.9 Å². The van der Waals surface area contributed by atoms with Crippen LogP contribution in [0.25, 0.3) is 20.4 Å². The van der Waals surface area contributed by atoms with Crippen molar-refractivity contribution < 1.29 is 4.79 Å². The summed E-state index contributed by atoms with van der Waals surface area (Å²) in [5.74, 6) is -0.206. The monoisotopic (exact) mass is 356 g/mol. The fraction of sp³-hybridized carbons (Fsp3) is 0.444. The van der Waals surface area contributed by atoms with E-state index in [1.54, 1.807) is 0 Å². The highest BCUT2D eigenvalue weighted by Crippen LogP contribution is 2.39. The molecule has 1 aliphatic carbocycles. The molecule has 130 valence electrons. The Bertz CT molecular complexity index is 1060. The lowest BCUT2D eigenvalue weighted by molar-refractivity contribution is -0.118. The molecule has 0 saturated heterocycles. The van der Waals surface area contributed by atoms with E-state index in [9.17, 15) is 9.59 Å². The Morgan fingerprint density at radius 3 is 2.72 bits per heavy atom. The summed E-state index contributed by atoms with van der Waals surface area (Å²) in [4.78, 5) is 34.1. The van der Waals surface area contributed by atoms with Crippen LogP contribution >= 0.6 is 11.3 Å². The number of primary amides is 1. The second-order valence-corrected chi connectivity index (χ2v) is 7.92. The molecule has 1 aliphatic rings. The van der Waals surface area contributed by atoms with Crippen molar-refractivity contribution in [3.05, 3.63) is 33.5 Å². The van der Waals surface area contributed by atoms with E-state index >= 15 is 0 Å². The van der Waals surface area contributed by atoms with Crippen molar-refractivity contribution in [2.75, 3.05) is 0 Å². The van der Waals surface area contributed by atoms with Gasteiger partial charge >= 0.3 is 0 Å². The Kier molecular flexibility index (Phi) is 3.83. The average molecular weight is 356 g/mol. The number of carbonyl (C=O) groups is 1. The van der Waals surface area contributed by atoms with E-state index in [-0.39, 0.29) is 12.1 Å². The van der Waals surface area contributed by atoms with Crippen LogP contribution in [-0.2, 0) is 24.2 Å². The Balaban J connectivity index is 2.07. The van der Waals surface area contributed by atoms with Gasteiger partial charge in [0.2, 0.25) is 5.91 Å². The molecule has 1 amide bonds. The molecule has 0 atom stereocenters. The Labute approximate surface area is 148 Å². The summed E-state index contributed by atoms with van der Waals surface area (Å²) in [7, 11) is 0. The number of hydrogen-bond acceptors (Lipinski definition) is 5. The summed E-state index contributed by atoms with van der Waals surface area (Å²) >= 11 is 1.37. The minimum Gasteiger partial charge on any atom is -0.368 e. The van der Waals surface area contributed by atoms with Gasteiger partial charge in [-0.15, -0.1) is 11.3 Å². The summed E-state index contributed by atoms with van der Waals surface area (Å²) in [6.45, 7) is 4.17. The molecule has 0 aliphatic heterocycles. The van der Waals surface area contributed by atoms with Gasteiger partial charge in [0.1, 0.15) is 16.1 Å². The Morgan fingerprint density at radius 1 is 1.32 bits per heavy atom. The molecular weight excluding hydrogens is 336 g/mol. The third kappa shape index (κ3) is 2.54. The van der Waals surface area contributed by atoms with Crippen molar-refractivity contribution in [2.24, 2.45) is 5.73 Å². The minimum absolute atomic E-state index is 0.154. The Morgan fingerprint density at radius 2 is 2.04 bits per heavy atom. The van der Waals surface area contributed by atoms with Crippen molar-refractivity contribution >= 4 is 37.7 Å². The summed E-state index contributed by atoms with van der Waals surface area (Å²) < 4.78 is 1.83. The normalized spacial score (nSPS) is 14.4. The first-order valence-electron chi connectivity index (χ1n) is 8.59. The first kappa shape index (κ1) is 16.2. The summed E-state index contributed by atoms with van der Waals surface area (Å²) in [6, 6.07) is 0. The number of nitrogens with two attached hydrogens (primary N) is 1. The smallest absolute Gasteiger partial charge is 0.271 e. The molecule has 0 aromatic carbocycles. The minimum atomic E-state index is -0.554. The van der Waals surface area contributed by atoms with Gasteiger partial charge in [0.25, 0.3) is 5.56 Å². The average Bonchev–Trinajstić information content (AvgIpc) is 2.96. The van der Waals surface area contributed by atoms with Crippen molar-refractivity contribution in [1.82, 2.24) is 14.5 Å². The number of aromatic nitrogens is 3. The number of amides is 1. The van der Waals surface area contributed by atoms with Gasteiger partial charge in [-0.1, -0.05) is 13.8 Å². The highest BCUT2D eigenvalue weighted by molar-refractivity contribution is 7.25. The summed E-state index contributed by atoms with van der Waals surface area (Å²) in [5, 5.41) is 1.03. The SMILES string of the molecule is CC(C)c1nc2sc3c(=O)n(CC(N)=O)cnc3c2c2c1CCCC2. The summed E-state index contributed by atoms with van der Waals surface area (Å²) in [6.07, 6.45) is 5.81. The fourth-order valence-electron chi connectivity index (χ4n) is 3.74. The molecule has 4 rings (SSSR count). The lowest BCUT2D eigenvalue weighted by Gasteiger charge is -2.21. The van der Waals surface area contributed by atoms with Gasteiger partial charge < -0.3 is 5.73 Å².